The van der Waals surface area contributed by atoms with E-state index in [1.807, 2.05) is 0 Å². The predicted octanol–water partition coefficient (Wildman–Crippen LogP) is 0.0807. The standard InChI is InChI=1S/C15H22O7/c1-6-20-10(16)7-8-12(3)15(18,19)14(5)11(17)13(4,22-12)9(2)21-14/h7-9,18-19H,6H2,1-5H3/b8-7+. The van der Waals surface area contributed by atoms with Crippen LogP contribution in [0.25, 0.3) is 0 Å². The Morgan fingerprint density at radius 3 is 2.50 bits per heavy atom. The van der Waals surface area contributed by atoms with Crippen LogP contribution in [-0.4, -0.2) is 57.3 Å². The topological polar surface area (TPSA) is 102 Å². The summed E-state index contributed by atoms with van der Waals surface area (Å²) in [5.74, 6) is -3.83. The summed E-state index contributed by atoms with van der Waals surface area (Å²) in [6, 6.07) is 0. The summed E-state index contributed by atoms with van der Waals surface area (Å²) in [7, 11) is 0. The fourth-order valence-corrected chi connectivity index (χ4v) is 3.10. The van der Waals surface area contributed by atoms with Crippen LogP contribution in [0.4, 0.5) is 0 Å². The first-order valence-electron chi connectivity index (χ1n) is 7.18. The van der Waals surface area contributed by atoms with E-state index in [-0.39, 0.29) is 6.61 Å². The number of carbonyl (C=O) groups excluding carboxylic acids is 2. The zero-order chi connectivity index (χ0) is 17.0. The minimum Gasteiger partial charge on any atom is -0.463 e. The second kappa shape index (κ2) is 4.86. The molecule has 2 aliphatic heterocycles. The maximum atomic E-state index is 12.5. The highest BCUT2D eigenvalue weighted by atomic mass is 16.7. The van der Waals surface area contributed by atoms with Crippen molar-refractivity contribution in [3.05, 3.63) is 12.2 Å². The van der Waals surface area contributed by atoms with Gasteiger partial charge in [-0.3, -0.25) is 4.79 Å². The van der Waals surface area contributed by atoms with E-state index in [0.717, 1.165) is 6.08 Å². The van der Waals surface area contributed by atoms with Crippen molar-refractivity contribution >= 4 is 11.8 Å². The maximum Gasteiger partial charge on any atom is 0.330 e. The number of ketones is 1. The minimum atomic E-state index is -2.65. The molecular formula is C15H22O7. The first-order chi connectivity index (χ1) is 9.94. The highest BCUT2D eigenvalue weighted by Crippen LogP contribution is 2.53. The van der Waals surface area contributed by atoms with E-state index in [1.165, 1.54) is 26.8 Å². The van der Waals surface area contributed by atoms with Gasteiger partial charge in [-0.05, 0) is 40.7 Å². The van der Waals surface area contributed by atoms with Gasteiger partial charge in [0.25, 0.3) is 0 Å². The smallest absolute Gasteiger partial charge is 0.330 e. The summed E-state index contributed by atoms with van der Waals surface area (Å²) in [6.07, 6.45) is 1.58. The number of rotatable bonds is 3. The number of Topliss-reactive ketones (excluding diaryl/α,β-unsaturated/α-hetero) is 1. The molecule has 2 saturated heterocycles. The van der Waals surface area contributed by atoms with Gasteiger partial charge in [0, 0.05) is 6.08 Å². The van der Waals surface area contributed by atoms with Crippen molar-refractivity contribution in [2.24, 2.45) is 0 Å². The maximum absolute atomic E-state index is 12.5. The van der Waals surface area contributed by atoms with Gasteiger partial charge in [-0.2, -0.15) is 0 Å². The molecule has 0 aromatic heterocycles. The number of hydrogen-bond acceptors (Lipinski definition) is 7. The van der Waals surface area contributed by atoms with Crippen LogP contribution >= 0.6 is 0 Å². The van der Waals surface area contributed by atoms with Crippen LogP contribution in [0.1, 0.15) is 34.6 Å². The summed E-state index contributed by atoms with van der Waals surface area (Å²) >= 11 is 0. The fraction of sp³-hybridized carbons (Fsp3) is 0.733. The van der Waals surface area contributed by atoms with E-state index < -0.39 is 40.4 Å². The molecule has 22 heavy (non-hydrogen) atoms. The Hall–Kier alpha value is -1.28. The number of fused-ring (bicyclic) bond motifs is 2. The van der Waals surface area contributed by atoms with Crippen molar-refractivity contribution in [1.29, 1.82) is 0 Å². The van der Waals surface area contributed by atoms with Crippen LogP contribution in [-0.2, 0) is 23.8 Å². The lowest BCUT2D eigenvalue weighted by Gasteiger charge is -2.51. The number of esters is 1. The van der Waals surface area contributed by atoms with Gasteiger partial charge in [-0.25, -0.2) is 4.79 Å². The van der Waals surface area contributed by atoms with Crippen molar-refractivity contribution in [3.63, 3.8) is 0 Å². The summed E-state index contributed by atoms with van der Waals surface area (Å²) in [4.78, 5) is 24.0. The highest BCUT2D eigenvalue weighted by Gasteiger charge is 2.77. The van der Waals surface area contributed by atoms with Gasteiger partial charge in [-0.15, -0.1) is 0 Å². The quantitative estimate of drug-likeness (QED) is 0.432. The Morgan fingerprint density at radius 2 is 1.95 bits per heavy atom. The van der Waals surface area contributed by atoms with Crippen molar-refractivity contribution in [1.82, 2.24) is 0 Å². The van der Waals surface area contributed by atoms with Crippen molar-refractivity contribution < 1.29 is 34.0 Å². The van der Waals surface area contributed by atoms with Crippen LogP contribution < -0.4 is 0 Å². The Morgan fingerprint density at radius 1 is 1.36 bits per heavy atom. The van der Waals surface area contributed by atoms with Gasteiger partial charge in [-0.1, -0.05) is 0 Å². The number of ether oxygens (including phenoxy) is 3. The molecule has 0 spiro atoms. The average molecular weight is 314 g/mol. The minimum absolute atomic E-state index is 0.193. The molecule has 7 heteroatoms. The Labute approximate surface area is 128 Å². The van der Waals surface area contributed by atoms with Crippen molar-refractivity contribution in [2.45, 2.75) is 63.3 Å². The zero-order valence-corrected chi connectivity index (χ0v) is 13.4. The Kier molecular flexibility index (Phi) is 3.77. The van der Waals surface area contributed by atoms with Crippen LogP contribution in [0.5, 0.6) is 0 Å². The molecule has 0 saturated carbocycles. The van der Waals surface area contributed by atoms with Crippen LogP contribution in [0, 0.1) is 0 Å². The summed E-state index contributed by atoms with van der Waals surface area (Å²) in [5, 5.41) is 21.1. The van der Waals surface area contributed by atoms with Gasteiger partial charge in [0.1, 0.15) is 5.60 Å². The van der Waals surface area contributed by atoms with E-state index in [0.29, 0.717) is 0 Å². The van der Waals surface area contributed by atoms with Gasteiger partial charge in [0.2, 0.25) is 11.6 Å². The molecular weight excluding hydrogens is 292 g/mol. The molecule has 124 valence electrons. The lowest BCUT2D eigenvalue weighted by molar-refractivity contribution is -0.339. The van der Waals surface area contributed by atoms with Gasteiger partial charge < -0.3 is 24.4 Å². The van der Waals surface area contributed by atoms with Gasteiger partial charge >= 0.3 is 5.97 Å². The van der Waals surface area contributed by atoms with Crippen molar-refractivity contribution in [3.8, 4) is 0 Å². The predicted molar refractivity (Wildman–Crippen MR) is 74.8 cm³/mol. The second-order valence-corrected chi connectivity index (χ2v) is 6.20. The molecule has 2 bridgehead atoms. The van der Waals surface area contributed by atoms with Gasteiger partial charge in [0.05, 0.1) is 12.7 Å². The van der Waals surface area contributed by atoms with E-state index in [2.05, 4.69) is 0 Å². The summed E-state index contributed by atoms with van der Waals surface area (Å²) in [5.41, 5.74) is -4.91. The number of carbonyl (C=O) groups is 2. The van der Waals surface area contributed by atoms with Crippen LogP contribution in [0.2, 0.25) is 0 Å². The molecule has 0 radical (unpaired) electrons. The second-order valence-electron chi connectivity index (χ2n) is 6.20. The Balaban J connectivity index is 2.46. The monoisotopic (exact) mass is 314 g/mol. The molecule has 0 aromatic carbocycles. The van der Waals surface area contributed by atoms with Crippen molar-refractivity contribution in [2.75, 3.05) is 6.61 Å². The van der Waals surface area contributed by atoms with E-state index >= 15 is 0 Å². The lowest BCUT2D eigenvalue weighted by Crippen LogP contribution is -2.75. The van der Waals surface area contributed by atoms with E-state index in [9.17, 15) is 19.8 Å². The van der Waals surface area contributed by atoms with E-state index in [1.54, 1.807) is 13.8 Å². The molecule has 2 aliphatic rings. The zero-order valence-electron chi connectivity index (χ0n) is 13.4. The number of aliphatic hydroxyl groups is 2. The molecule has 0 amide bonds. The van der Waals surface area contributed by atoms with E-state index in [4.69, 9.17) is 14.2 Å². The summed E-state index contributed by atoms with van der Waals surface area (Å²) in [6.45, 7) is 7.71. The molecule has 0 aliphatic carbocycles. The molecule has 2 rings (SSSR count). The molecule has 4 atom stereocenters. The fourth-order valence-electron chi connectivity index (χ4n) is 3.10. The SMILES string of the molecule is CCOC(=O)/C=C/C1(C)OC2(C)C(=O)C(C)(OC2C)C1(O)O. The highest BCUT2D eigenvalue weighted by molar-refractivity contribution is 5.99. The molecule has 2 heterocycles. The summed E-state index contributed by atoms with van der Waals surface area (Å²) < 4.78 is 16.0. The Bertz CT molecular complexity index is 540. The van der Waals surface area contributed by atoms with Crippen LogP contribution in [0.15, 0.2) is 12.2 Å². The number of hydrogen-bond donors (Lipinski definition) is 2. The first kappa shape index (κ1) is 17.1. The van der Waals surface area contributed by atoms with Gasteiger partial charge in [0.15, 0.2) is 11.2 Å². The third kappa shape index (κ3) is 1.96. The lowest BCUT2D eigenvalue weighted by atomic mass is 9.72. The largest absolute Gasteiger partial charge is 0.463 e. The molecule has 2 fully saturated rings. The molecule has 7 nitrogen and oxygen atoms in total. The average Bonchev–Trinajstić information content (AvgIpc) is 2.56. The normalized spacial score (nSPS) is 43.6. The third-order valence-electron chi connectivity index (χ3n) is 4.68. The molecule has 4 unspecified atom stereocenters. The third-order valence-corrected chi connectivity index (χ3v) is 4.68. The first-order valence-corrected chi connectivity index (χ1v) is 7.18. The molecule has 0 aromatic rings. The molecule has 2 N–H and O–H groups in total. The van der Waals surface area contributed by atoms with Crippen LogP contribution in [0.3, 0.4) is 0 Å².